The molecule has 0 aliphatic heterocycles. The third-order valence-corrected chi connectivity index (χ3v) is 8.90. The Bertz CT molecular complexity index is 1660. The molecule has 0 radical (unpaired) electrons. The van der Waals surface area contributed by atoms with Crippen molar-refractivity contribution in [3.63, 3.8) is 0 Å². The summed E-state index contributed by atoms with van der Waals surface area (Å²) in [5.74, 6) is -2.09. The average Bonchev–Trinajstić information content (AvgIpc) is 3.52. The number of carbonyl (C=O) groups excluding carboxylic acids is 2. The number of nitrogens with one attached hydrogen (secondary N) is 3. The lowest BCUT2D eigenvalue weighted by atomic mass is 10.1. The summed E-state index contributed by atoms with van der Waals surface area (Å²) in [6.45, 7) is 2.52. The lowest BCUT2D eigenvalue weighted by molar-refractivity contribution is -0.117. The van der Waals surface area contributed by atoms with Crippen molar-refractivity contribution in [2.24, 2.45) is 5.92 Å². The van der Waals surface area contributed by atoms with Crippen LogP contribution in [0.1, 0.15) is 33.0 Å². The Hall–Kier alpha value is -2.64. The molecule has 0 aromatic heterocycles. The molecule has 5 rings (SSSR count). The van der Waals surface area contributed by atoms with Gasteiger partial charge in [-0.2, -0.15) is 0 Å². The van der Waals surface area contributed by atoms with Crippen molar-refractivity contribution < 1.29 is 9.59 Å². The topological polar surface area (TPSA) is 70.2 Å². The Kier molecular flexibility index (Phi) is 9.19. The van der Waals surface area contributed by atoms with Crippen LogP contribution in [0.25, 0.3) is 0 Å². The van der Waals surface area contributed by atoms with Crippen molar-refractivity contribution in [3.8, 4) is 0 Å². The number of amides is 2. The molecule has 1 aliphatic carbocycles. The molecular weight excluding hydrogens is 659 g/mol. The van der Waals surface area contributed by atoms with Gasteiger partial charge < -0.3 is 16.0 Å². The zero-order chi connectivity index (χ0) is 30.2. The van der Waals surface area contributed by atoms with Crippen LogP contribution in [0.5, 0.6) is 0 Å². The molecule has 0 spiro atoms. The normalized spacial score (nSPS) is 16.9. The first kappa shape index (κ1) is 30.8. The minimum atomic E-state index is -1.34. The van der Waals surface area contributed by atoms with Gasteiger partial charge in [-0.25, -0.2) is 0 Å². The van der Waals surface area contributed by atoms with E-state index in [-0.39, 0.29) is 10.6 Å². The molecule has 0 unspecified atom stereocenters. The molecule has 3 N–H and O–H groups in total. The van der Waals surface area contributed by atoms with Crippen LogP contribution in [-0.4, -0.2) is 16.1 Å². The number of aryl methyl sites for hydroxylation is 1. The zero-order valence-electron chi connectivity index (χ0n) is 22.0. The highest BCUT2D eigenvalue weighted by atomic mass is 35.5. The quantitative estimate of drug-likeness (QED) is 0.162. The molecule has 5 nitrogen and oxygen atoms in total. The van der Waals surface area contributed by atoms with Crippen LogP contribution < -0.4 is 16.0 Å². The summed E-state index contributed by atoms with van der Waals surface area (Å²) in [6.07, 6.45) is 0. The second-order valence-corrected chi connectivity index (χ2v) is 13.1. The number of hydrogen-bond acceptors (Lipinski definition) is 3. The van der Waals surface area contributed by atoms with Crippen LogP contribution in [-0.2, 0) is 11.3 Å². The lowest BCUT2D eigenvalue weighted by Crippen LogP contribution is -2.18. The summed E-state index contributed by atoms with van der Waals surface area (Å²) in [7, 11) is 0. The maximum absolute atomic E-state index is 13.2. The van der Waals surface area contributed by atoms with Crippen LogP contribution in [0.2, 0.25) is 20.1 Å². The summed E-state index contributed by atoms with van der Waals surface area (Å²) in [5, 5.41) is 10.8. The predicted molar refractivity (Wildman–Crippen MR) is 175 cm³/mol. The van der Waals surface area contributed by atoms with E-state index in [0.29, 0.717) is 38.6 Å². The summed E-state index contributed by atoms with van der Waals surface area (Å²) >= 11 is 37.5. The van der Waals surface area contributed by atoms with Crippen LogP contribution in [0.3, 0.4) is 0 Å². The summed E-state index contributed by atoms with van der Waals surface area (Å²) < 4.78 is -1.34. The molecular formula is C31H23Cl6N3O2. The second-order valence-electron chi connectivity index (χ2n) is 9.98. The van der Waals surface area contributed by atoms with Crippen LogP contribution in [0, 0.1) is 12.8 Å². The van der Waals surface area contributed by atoms with E-state index < -0.39 is 28.0 Å². The molecule has 2 amide bonds. The van der Waals surface area contributed by atoms with Gasteiger partial charge in [0.15, 0.2) is 0 Å². The van der Waals surface area contributed by atoms with E-state index >= 15 is 0 Å². The molecule has 1 aliphatic rings. The Morgan fingerprint density at radius 3 is 2.10 bits per heavy atom. The molecule has 2 atom stereocenters. The maximum Gasteiger partial charge on any atom is 0.257 e. The molecule has 0 saturated heterocycles. The van der Waals surface area contributed by atoms with Gasteiger partial charge in [0.25, 0.3) is 5.91 Å². The molecule has 4 aromatic carbocycles. The first-order valence-electron chi connectivity index (χ1n) is 12.8. The Morgan fingerprint density at radius 2 is 1.43 bits per heavy atom. The van der Waals surface area contributed by atoms with Crippen molar-refractivity contribution in [1.29, 1.82) is 0 Å². The van der Waals surface area contributed by atoms with Gasteiger partial charge >= 0.3 is 0 Å². The summed E-state index contributed by atoms with van der Waals surface area (Å²) in [5.41, 5.74) is 4.68. The van der Waals surface area contributed by atoms with Gasteiger partial charge in [0.1, 0.15) is 4.33 Å². The Balaban J connectivity index is 1.25. The third kappa shape index (κ3) is 6.94. The number of benzene rings is 4. The van der Waals surface area contributed by atoms with Gasteiger partial charge in [0, 0.05) is 44.6 Å². The van der Waals surface area contributed by atoms with E-state index in [4.69, 9.17) is 69.6 Å². The first-order chi connectivity index (χ1) is 19.9. The van der Waals surface area contributed by atoms with E-state index in [1.165, 1.54) is 6.07 Å². The fourth-order valence-corrected chi connectivity index (χ4v) is 6.43. The van der Waals surface area contributed by atoms with Crippen LogP contribution >= 0.6 is 69.6 Å². The number of alkyl halides is 2. The predicted octanol–water partition coefficient (Wildman–Crippen LogP) is 10.00. The molecule has 4 aromatic rings. The Morgan fingerprint density at radius 1 is 0.762 bits per heavy atom. The number of rotatable bonds is 8. The van der Waals surface area contributed by atoms with Gasteiger partial charge in [-0.1, -0.05) is 58.5 Å². The Labute approximate surface area is 273 Å². The molecule has 42 heavy (non-hydrogen) atoms. The van der Waals surface area contributed by atoms with Crippen molar-refractivity contribution in [2.75, 3.05) is 16.0 Å². The minimum Gasteiger partial charge on any atom is -0.381 e. The highest BCUT2D eigenvalue weighted by molar-refractivity contribution is 6.53. The fraction of sp³-hybridized carbons (Fsp3) is 0.161. The second kappa shape index (κ2) is 12.5. The monoisotopic (exact) mass is 679 g/mol. The molecule has 1 fully saturated rings. The van der Waals surface area contributed by atoms with Crippen molar-refractivity contribution >= 4 is 98.5 Å². The lowest BCUT2D eigenvalue weighted by Gasteiger charge is -2.13. The SMILES string of the molecule is Cc1cc(NCc2ccc(Cl)cc2)ccc1NC(=O)c1cc(NC(=O)[C@H]2[C@H](c3cc(Cl)cc(Cl)c3)C2(Cl)Cl)ccc1Cl. The number of halogens is 6. The highest BCUT2D eigenvalue weighted by Gasteiger charge is 2.67. The van der Waals surface area contributed by atoms with E-state index in [1.54, 1.807) is 30.3 Å². The highest BCUT2D eigenvalue weighted by Crippen LogP contribution is 2.65. The first-order valence-corrected chi connectivity index (χ1v) is 15.0. The minimum absolute atomic E-state index is 0.191. The van der Waals surface area contributed by atoms with Gasteiger partial charge in [-0.15, -0.1) is 23.2 Å². The molecule has 11 heteroatoms. The van der Waals surface area contributed by atoms with E-state index in [0.717, 1.165) is 16.8 Å². The van der Waals surface area contributed by atoms with Crippen LogP contribution in [0.15, 0.2) is 78.9 Å². The van der Waals surface area contributed by atoms with Crippen LogP contribution in [0.4, 0.5) is 17.1 Å². The van der Waals surface area contributed by atoms with Crippen molar-refractivity contribution in [1.82, 2.24) is 0 Å². The number of hydrogen-bond donors (Lipinski definition) is 3. The van der Waals surface area contributed by atoms with Crippen molar-refractivity contribution in [3.05, 3.63) is 121 Å². The van der Waals surface area contributed by atoms with Gasteiger partial charge in [0.2, 0.25) is 5.91 Å². The van der Waals surface area contributed by atoms with Crippen molar-refractivity contribution in [2.45, 2.75) is 23.7 Å². The third-order valence-electron chi connectivity index (χ3n) is 6.94. The molecule has 0 heterocycles. The summed E-state index contributed by atoms with van der Waals surface area (Å²) in [4.78, 5) is 26.3. The standard InChI is InChI=1S/C31H23Cl6N3O2/c1-16-10-22(38-15-17-2-4-19(32)5-3-17)7-9-26(16)40-29(41)24-14-23(6-8-25(24)35)39-30(42)28-27(31(28,36)37)18-11-20(33)13-21(34)12-18/h2-14,27-28,38H,15H2,1H3,(H,39,42)(H,40,41)/t27-,28+/m0/s1. The van der Waals surface area contributed by atoms with E-state index in [2.05, 4.69) is 16.0 Å². The summed E-state index contributed by atoms with van der Waals surface area (Å²) in [6, 6.07) is 22.8. The van der Waals surface area contributed by atoms with Gasteiger partial charge in [-0.3, -0.25) is 9.59 Å². The molecule has 1 saturated carbocycles. The van der Waals surface area contributed by atoms with E-state index in [1.807, 2.05) is 49.4 Å². The molecule has 0 bridgehead atoms. The van der Waals surface area contributed by atoms with Gasteiger partial charge in [-0.05, 0) is 90.3 Å². The number of anilines is 3. The largest absolute Gasteiger partial charge is 0.381 e. The van der Waals surface area contributed by atoms with E-state index in [9.17, 15) is 9.59 Å². The van der Waals surface area contributed by atoms with Gasteiger partial charge in [0.05, 0.1) is 16.5 Å². The molecule has 216 valence electrons. The number of carbonyl (C=O) groups is 2. The maximum atomic E-state index is 13.2. The average molecular weight is 682 g/mol. The fourth-order valence-electron chi connectivity index (χ4n) is 4.73. The zero-order valence-corrected chi connectivity index (χ0v) is 26.5. The smallest absolute Gasteiger partial charge is 0.257 e.